The largest absolute Gasteiger partial charge is 0.545 e. The van der Waals surface area contributed by atoms with Crippen LogP contribution in [0.2, 0.25) is 0 Å². The van der Waals surface area contributed by atoms with Gasteiger partial charge in [-0.05, 0) is 169 Å². The van der Waals surface area contributed by atoms with Gasteiger partial charge in [0.25, 0.3) is 0 Å². The Bertz CT molecular complexity index is 5930. The summed E-state index contributed by atoms with van der Waals surface area (Å²) in [6.45, 7) is 9.07. The van der Waals surface area contributed by atoms with E-state index >= 15 is 0 Å². The molecule has 0 fully saturated rings. The van der Waals surface area contributed by atoms with E-state index in [9.17, 15) is 34.5 Å². The van der Waals surface area contributed by atoms with Crippen LogP contribution in [0.15, 0.2) is 255 Å². The number of aryl methyl sites for hydroxylation is 2. The van der Waals surface area contributed by atoms with Crippen LogP contribution < -0.4 is 58.9 Å². The average molecular weight is 1360 g/mol. The summed E-state index contributed by atoms with van der Waals surface area (Å²) < 4.78 is 24.1. The molecule has 0 unspecified atom stereocenters. The van der Waals surface area contributed by atoms with E-state index in [1.807, 2.05) is 79.7 Å². The van der Waals surface area contributed by atoms with Gasteiger partial charge in [0.05, 0.1) is 27.8 Å². The first-order valence-corrected chi connectivity index (χ1v) is 33.1. The Labute approximate surface area is 589 Å². The molecule has 0 atom stereocenters. The zero-order valence-corrected chi connectivity index (χ0v) is 56.3. The molecule has 9 aromatic carbocycles. The lowest BCUT2D eigenvalue weighted by Crippen LogP contribution is -2.26. The van der Waals surface area contributed by atoms with Crippen LogP contribution >= 0.6 is 0 Å². The molecule has 0 radical (unpaired) electrons. The van der Waals surface area contributed by atoms with Crippen LogP contribution in [0.1, 0.15) is 73.6 Å². The van der Waals surface area contributed by atoms with Gasteiger partial charge < -0.3 is 71.4 Å². The van der Waals surface area contributed by atoms with Gasteiger partial charge in [-0.3, -0.25) is 4.79 Å². The number of aromatic carboxylic acids is 3. The number of hydrogen-bond acceptors (Lipinski definition) is 15. The van der Waals surface area contributed by atoms with Crippen LogP contribution in [0.25, 0.3) is 112 Å². The van der Waals surface area contributed by atoms with E-state index < -0.39 is 17.9 Å². The SMILES string of the molecule is CC/C=c1/cc2c(cc1C)=C(c1ccccc1C(=O)[O-])c1cc(C)c(NCC)cc1O2.N=c1ccc2c(-c3ccccc3)c3ccc(N)cc3oc-2c1.N=c1ccc2c(-c3ccccc3C(=O)O)c3ccc(N)cc3oc-2c1.Nc1ccc2c(-c3ccccc3C(=O)O)c3ccc(=O)cc-3oc2c1. The van der Waals surface area contributed by atoms with Crippen LogP contribution in [-0.2, 0) is 0 Å². The molecule has 508 valence electrons. The minimum absolute atomic E-state index is 0.173. The second-order valence-electron chi connectivity index (χ2n) is 24.7. The van der Waals surface area contributed by atoms with Crippen molar-refractivity contribution in [2.24, 2.45) is 0 Å². The lowest BCUT2D eigenvalue weighted by atomic mass is 9.88. The average Bonchev–Trinajstić information content (AvgIpc) is 0.785. The van der Waals surface area contributed by atoms with E-state index in [2.05, 4.69) is 56.4 Å². The molecular weight excluding hydrogens is 1290 g/mol. The number of fused-ring (bicyclic) bond motifs is 8. The van der Waals surface area contributed by atoms with Crippen molar-refractivity contribution in [3.8, 4) is 78.9 Å². The number of nitrogens with one attached hydrogen (secondary N) is 3. The fourth-order valence-corrected chi connectivity index (χ4v) is 13.2. The lowest BCUT2D eigenvalue weighted by molar-refractivity contribution is -0.255. The van der Waals surface area contributed by atoms with E-state index in [1.54, 1.807) is 127 Å². The summed E-state index contributed by atoms with van der Waals surface area (Å²) >= 11 is 0. The summed E-state index contributed by atoms with van der Waals surface area (Å²) in [4.78, 5) is 47.0. The van der Waals surface area contributed by atoms with E-state index in [0.29, 0.717) is 89.8 Å². The van der Waals surface area contributed by atoms with Crippen molar-refractivity contribution < 1.29 is 47.7 Å². The van der Waals surface area contributed by atoms with Crippen LogP contribution in [0.4, 0.5) is 22.7 Å². The number of carbonyl (C=O) groups excluding carboxylic acids is 1. The minimum atomic E-state index is -1.19. The highest BCUT2D eigenvalue weighted by Crippen LogP contribution is 2.45. The van der Waals surface area contributed by atoms with Crippen molar-refractivity contribution in [2.75, 3.05) is 29.1 Å². The number of carbonyl (C=O) groups is 3. The fourth-order valence-electron chi connectivity index (χ4n) is 13.2. The molecule has 0 saturated carbocycles. The highest BCUT2D eigenvalue weighted by molar-refractivity contribution is 6.10. The highest BCUT2D eigenvalue weighted by atomic mass is 16.5. The van der Waals surface area contributed by atoms with Crippen molar-refractivity contribution in [3.63, 3.8) is 0 Å². The molecule has 0 saturated heterocycles. The fraction of sp³-hybridized carbons (Fsp3) is 0.0698. The van der Waals surface area contributed by atoms with E-state index in [4.69, 9.17) is 46.0 Å². The number of carboxylic acid groups (broad SMARTS) is 3. The smallest absolute Gasteiger partial charge is 0.336 e. The zero-order valence-electron chi connectivity index (χ0n) is 56.3. The molecule has 0 bridgehead atoms. The lowest BCUT2D eigenvalue weighted by Gasteiger charge is -2.25. The summed E-state index contributed by atoms with van der Waals surface area (Å²) in [6.07, 6.45) is 3.09. The predicted octanol–water partition coefficient (Wildman–Crippen LogP) is 15.7. The van der Waals surface area contributed by atoms with Gasteiger partial charge in [-0.1, -0.05) is 104 Å². The summed E-state index contributed by atoms with van der Waals surface area (Å²) in [6, 6.07) is 70.3. The summed E-state index contributed by atoms with van der Waals surface area (Å²) in [5, 5.41) is 55.4. The Morgan fingerprint density at radius 2 is 0.932 bits per heavy atom. The normalized spacial score (nSPS) is 11.6. The molecule has 103 heavy (non-hydrogen) atoms. The first-order chi connectivity index (χ1) is 49.7. The quantitative estimate of drug-likeness (QED) is 0.0466. The molecule has 9 aromatic rings. The summed E-state index contributed by atoms with van der Waals surface area (Å²) in [5.41, 5.74) is 34.3. The maximum atomic E-state index is 11.9. The van der Waals surface area contributed by atoms with Gasteiger partial charge in [0, 0.05) is 143 Å². The van der Waals surface area contributed by atoms with Crippen molar-refractivity contribution in [1.29, 1.82) is 10.8 Å². The number of rotatable bonds is 10. The number of ether oxygens (including phenoxy) is 1. The van der Waals surface area contributed by atoms with Gasteiger partial charge in [0.15, 0.2) is 5.43 Å². The molecule has 4 heterocycles. The van der Waals surface area contributed by atoms with Crippen molar-refractivity contribution >= 4 is 85.2 Å². The molecule has 0 aromatic heterocycles. The third-order valence-corrected chi connectivity index (χ3v) is 17.8. The van der Waals surface area contributed by atoms with Crippen LogP contribution in [-0.4, -0.2) is 34.7 Å². The molecule has 11 N–H and O–H groups in total. The molecule has 16 rings (SSSR count). The molecule has 17 nitrogen and oxygen atoms in total. The molecular formula is C86H67N6O11-. The monoisotopic (exact) mass is 1360 g/mol. The Morgan fingerprint density at radius 1 is 0.466 bits per heavy atom. The highest BCUT2D eigenvalue weighted by Gasteiger charge is 2.27. The summed E-state index contributed by atoms with van der Waals surface area (Å²) in [7, 11) is 0. The predicted molar refractivity (Wildman–Crippen MR) is 403 cm³/mol. The van der Waals surface area contributed by atoms with E-state index in [-0.39, 0.29) is 22.1 Å². The molecule has 17 heteroatoms. The van der Waals surface area contributed by atoms with Gasteiger partial charge in [-0.15, -0.1) is 0 Å². The molecule has 3 aliphatic carbocycles. The van der Waals surface area contributed by atoms with Crippen LogP contribution in [0.5, 0.6) is 11.5 Å². The molecule has 7 aliphatic rings. The van der Waals surface area contributed by atoms with Gasteiger partial charge >= 0.3 is 11.9 Å². The number of nitrogen functional groups attached to an aromatic ring is 3. The van der Waals surface area contributed by atoms with E-state index in [1.165, 1.54) is 12.1 Å². The van der Waals surface area contributed by atoms with Gasteiger partial charge in [0.1, 0.15) is 45.5 Å². The molecule has 4 aliphatic heterocycles. The van der Waals surface area contributed by atoms with E-state index in [0.717, 1.165) is 107 Å². The number of carboxylic acids is 3. The van der Waals surface area contributed by atoms with Crippen molar-refractivity contribution in [3.05, 3.63) is 307 Å². The third kappa shape index (κ3) is 13.6. The maximum Gasteiger partial charge on any atom is 0.336 e. The maximum absolute atomic E-state index is 11.9. The summed E-state index contributed by atoms with van der Waals surface area (Å²) in [5.74, 6) is -0.160. The second kappa shape index (κ2) is 28.6. The number of hydrogen-bond donors (Lipinski definition) is 8. The first-order valence-electron chi connectivity index (χ1n) is 33.1. The first kappa shape index (κ1) is 67.8. The Hall–Kier alpha value is -13.8. The number of anilines is 4. The molecule has 0 spiro atoms. The van der Waals surface area contributed by atoms with Crippen LogP contribution in [0.3, 0.4) is 0 Å². The van der Waals surface area contributed by atoms with Crippen LogP contribution in [0, 0.1) is 24.7 Å². The standard InChI is InChI=1S/C27H27NO3.C20H14N2O3.C20H13NO4.C19H14N2O/c1-5-9-18-14-24-21(12-16(18)3)26(19-10-7-8-11-20(19)27(29)30)22-13-17(4)23(28-6-2)15-25(22)31-24;2*21-11-5-7-15-17(9-11)25-18-10-12(22)6-8-16(18)19(15)13-3-1-2-4-14(13)20(23)24;20-13-6-8-15-17(10-13)22-18-11-14(21)7-9-16(18)19(15)12-4-2-1-3-5-12/h7-15,28H,5-6H2,1-4H3,(H,29,30);1-10,21H,22H2,(H,23,24);1-10H,21H2,(H,23,24);1-11,20H,21H2/p-1/b18-9-;;;. The number of benzene rings is 12. The minimum Gasteiger partial charge on any atom is -0.545 e. The van der Waals surface area contributed by atoms with Gasteiger partial charge in [0.2, 0.25) is 0 Å². The Kier molecular flexibility index (Phi) is 18.8. The second-order valence-corrected chi connectivity index (χ2v) is 24.7. The van der Waals surface area contributed by atoms with Crippen molar-refractivity contribution in [1.82, 2.24) is 0 Å². The number of nitrogens with two attached hydrogens (primary N) is 3. The van der Waals surface area contributed by atoms with Crippen molar-refractivity contribution in [2.45, 2.75) is 34.1 Å². The zero-order chi connectivity index (χ0) is 72.3. The Balaban J connectivity index is 0.000000123. The third-order valence-electron chi connectivity index (χ3n) is 17.8. The van der Waals surface area contributed by atoms with Gasteiger partial charge in [-0.25, -0.2) is 9.59 Å². The Morgan fingerprint density at radius 3 is 1.44 bits per heavy atom. The molecule has 0 amide bonds. The van der Waals surface area contributed by atoms with Gasteiger partial charge in [-0.2, -0.15) is 0 Å². The topological polar surface area (TPSA) is 318 Å².